The summed E-state index contributed by atoms with van der Waals surface area (Å²) in [6.45, 7) is 4.77. The van der Waals surface area contributed by atoms with Crippen LogP contribution in [0.15, 0.2) is 36.4 Å². The van der Waals surface area contributed by atoms with Crippen molar-refractivity contribution in [2.24, 2.45) is 0 Å². The number of rotatable bonds is 9. The fraction of sp³-hybridized carbons (Fsp3) is 0.318. The van der Waals surface area contributed by atoms with Crippen molar-refractivity contribution in [3.8, 4) is 11.5 Å². The normalized spacial score (nSPS) is 10.1. The van der Waals surface area contributed by atoms with Crippen molar-refractivity contribution < 1.29 is 33.3 Å². The van der Waals surface area contributed by atoms with Crippen LogP contribution in [-0.4, -0.2) is 45.3 Å². The molecule has 0 radical (unpaired) electrons. The molecule has 0 aromatic heterocycles. The minimum absolute atomic E-state index is 0.106. The molecule has 0 heterocycles. The number of hydrogen-bond acceptors (Lipinski definition) is 7. The zero-order valence-corrected chi connectivity index (χ0v) is 17.4. The Bertz CT molecular complexity index is 889. The van der Waals surface area contributed by atoms with Gasteiger partial charge in [0.05, 0.1) is 38.6 Å². The number of nitrogens with one attached hydrogen (secondary N) is 1. The number of carbonyl (C=O) groups is 3. The predicted molar refractivity (Wildman–Crippen MR) is 110 cm³/mol. The Morgan fingerprint density at radius 1 is 0.800 bits per heavy atom. The molecule has 2 aromatic carbocycles. The quantitative estimate of drug-likeness (QED) is 0.623. The minimum Gasteiger partial charge on any atom is -0.490 e. The van der Waals surface area contributed by atoms with Gasteiger partial charge in [-0.1, -0.05) is 6.92 Å². The number of benzene rings is 2. The molecule has 0 spiro atoms. The molecule has 0 saturated heterocycles. The van der Waals surface area contributed by atoms with Gasteiger partial charge in [0.15, 0.2) is 11.5 Å². The van der Waals surface area contributed by atoms with Gasteiger partial charge in [-0.05, 0) is 49.7 Å². The molecular formula is C22H25NO7. The second-order valence-electron chi connectivity index (χ2n) is 6.18. The van der Waals surface area contributed by atoms with Gasteiger partial charge in [0.2, 0.25) is 0 Å². The molecule has 0 atom stereocenters. The van der Waals surface area contributed by atoms with Crippen LogP contribution >= 0.6 is 0 Å². The molecule has 0 saturated carbocycles. The van der Waals surface area contributed by atoms with E-state index in [2.05, 4.69) is 5.32 Å². The van der Waals surface area contributed by atoms with Crippen LogP contribution < -0.4 is 14.8 Å². The van der Waals surface area contributed by atoms with Gasteiger partial charge in [0.25, 0.3) is 5.91 Å². The third kappa shape index (κ3) is 5.73. The fourth-order valence-corrected chi connectivity index (χ4v) is 2.62. The van der Waals surface area contributed by atoms with Crippen molar-refractivity contribution in [3.63, 3.8) is 0 Å². The van der Waals surface area contributed by atoms with E-state index >= 15 is 0 Å². The number of amides is 1. The molecule has 1 N–H and O–H groups in total. The van der Waals surface area contributed by atoms with Gasteiger partial charge in [0.1, 0.15) is 0 Å². The number of methoxy groups -OCH3 is 2. The average molecular weight is 415 g/mol. The fourth-order valence-electron chi connectivity index (χ4n) is 2.62. The number of anilines is 1. The SMILES string of the molecule is CCCOc1ccc(C(=O)Nc2cc(C(=O)OC)cc(C(=O)OC)c2)cc1OCC. The highest BCUT2D eigenvalue weighted by atomic mass is 16.5. The van der Waals surface area contributed by atoms with E-state index in [1.807, 2.05) is 13.8 Å². The number of ether oxygens (including phenoxy) is 4. The Labute approximate surface area is 175 Å². The molecule has 30 heavy (non-hydrogen) atoms. The van der Waals surface area contributed by atoms with Crippen LogP contribution in [-0.2, 0) is 9.47 Å². The number of carbonyl (C=O) groups excluding carboxylic acids is 3. The van der Waals surface area contributed by atoms with E-state index in [4.69, 9.17) is 18.9 Å². The molecular weight excluding hydrogens is 390 g/mol. The Kier molecular flexibility index (Phi) is 8.22. The van der Waals surface area contributed by atoms with E-state index in [9.17, 15) is 14.4 Å². The summed E-state index contributed by atoms with van der Waals surface area (Å²) in [5, 5.41) is 2.68. The number of esters is 2. The molecule has 0 aliphatic heterocycles. The highest BCUT2D eigenvalue weighted by molar-refractivity contribution is 6.06. The summed E-state index contributed by atoms with van der Waals surface area (Å²) in [5.41, 5.74) is 0.779. The second-order valence-corrected chi connectivity index (χ2v) is 6.18. The van der Waals surface area contributed by atoms with Gasteiger partial charge in [0, 0.05) is 11.3 Å². The summed E-state index contributed by atoms with van der Waals surface area (Å²) in [6, 6.07) is 9.01. The Morgan fingerprint density at radius 2 is 1.43 bits per heavy atom. The van der Waals surface area contributed by atoms with Crippen molar-refractivity contribution in [2.75, 3.05) is 32.8 Å². The summed E-state index contributed by atoms with van der Waals surface area (Å²) < 4.78 is 20.6. The first-order chi connectivity index (χ1) is 14.4. The topological polar surface area (TPSA) is 100 Å². The molecule has 160 valence electrons. The third-order valence-electron chi connectivity index (χ3n) is 4.00. The maximum Gasteiger partial charge on any atom is 0.337 e. The summed E-state index contributed by atoms with van der Waals surface area (Å²) in [5.74, 6) is -0.733. The smallest absolute Gasteiger partial charge is 0.337 e. The lowest BCUT2D eigenvalue weighted by atomic mass is 10.1. The maximum absolute atomic E-state index is 12.8. The van der Waals surface area contributed by atoms with Gasteiger partial charge >= 0.3 is 11.9 Å². The molecule has 0 aliphatic rings. The highest BCUT2D eigenvalue weighted by Gasteiger charge is 2.17. The molecule has 0 bridgehead atoms. The molecule has 0 fully saturated rings. The molecule has 8 nitrogen and oxygen atoms in total. The van der Waals surface area contributed by atoms with Gasteiger partial charge in [-0.15, -0.1) is 0 Å². The Morgan fingerprint density at radius 3 is 1.97 bits per heavy atom. The van der Waals surface area contributed by atoms with Crippen molar-refractivity contribution in [2.45, 2.75) is 20.3 Å². The molecule has 2 rings (SSSR count). The summed E-state index contributed by atoms with van der Waals surface area (Å²) in [4.78, 5) is 36.6. The zero-order valence-electron chi connectivity index (χ0n) is 17.4. The maximum atomic E-state index is 12.8. The van der Waals surface area contributed by atoms with Crippen LogP contribution in [0.4, 0.5) is 5.69 Å². The van der Waals surface area contributed by atoms with Crippen molar-refractivity contribution >= 4 is 23.5 Å². The van der Waals surface area contributed by atoms with E-state index in [0.29, 0.717) is 30.3 Å². The first-order valence-electron chi connectivity index (χ1n) is 9.46. The van der Waals surface area contributed by atoms with E-state index < -0.39 is 17.8 Å². The minimum atomic E-state index is -0.646. The summed E-state index contributed by atoms with van der Waals surface area (Å²) in [6.07, 6.45) is 0.840. The molecule has 1 amide bonds. The van der Waals surface area contributed by atoms with E-state index in [-0.39, 0.29) is 16.8 Å². The average Bonchev–Trinajstić information content (AvgIpc) is 2.76. The lowest BCUT2D eigenvalue weighted by Gasteiger charge is -2.13. The van der Waals surface area contributed by atoms with Gasteiger partial charge < -0.3 is 24.3 Å². The van der Waals surface area contributed by atoms with E-state index in [1.165, 1.54) is 32.4 Å². The van der Waals surface area contributed by atoms with E-state index in [0.717, 1.165) is 6.42 Å². The molecule has 0 unspecified atom stereocenters. The van der Waals surface area contributed by atoms with Crippen molar-refractivity contribution in [1.29, 1.82) is 0 Å². The largest absolute Gasteiger partial charge is 0.490 e. The Balaban J connectivity index is 2.33. The molecule has 8 heteroatoms. The van der Waals surface area contributed by atoms with Gasteiger partial charge in [-0.25, -0.2) is 9.59 Å². The van der Waals surface area contributed by atoms with Crippen LogP contribution in [0.5, 0.6) is 11.5 Å². The molecule has 0 aliphatic carbocycles. The monoisotopic (exact) mass is 415 g/mol. The Hall–Kier alpha value is -3.55. The van der Waals surface area contributed by atoms with Crippen molar-refractivity contribution in [3.05, 3.63) is 53.1 Å². The van der Waals surface area contributed by atoms with Crippen LogP contribution in [0.3, 0.4) is 0 Å². The van der Waals surface area contributed by atoms with E-state index in [1.54, 1.807) is 18.2 Å². The van der Waals surface area contributed by atoms with Crippen molar-refractivity contribution in [1.82, 2.24) is 0 Å². The van der Waals surface area contributed by atoms with Crippen LogP contribution in [0.1, 0.15) is 51.3 Å². The van der Waals surface area contributed by atoms with Crippen LogP contribution in [0.2, 0.25) is 0 Å². The first kappa shape index (κ1) is 22.7. The van der Waals surface area contributed by atoms with Crippen LogP contribution in [0, 0.1) is 0 Å². The van der Waals surface area contributed by atoms with Gasteiger partial charge in [-0.2, -0.15) is 0 Å². The third-order valence-corrected chi connectivity index (χ3v) is 4.00. The highest BCUT2D eigenvalue weighted by Crippen LogP contribution is 2.29. The predicted octanol–water partition coefficient (Wildman–Crippen LogP) is 3.70. The zero-order chi connectivity index (χ0) is 22.1. The lowest BCUT2D eigenvalue weighted by molar-refractivity contribution is 0.0599. The lowest BCUT2D eigenvalue weighted by Crippen LogP contribution is -2.14. The summed E-state index contributed by atoms with van der Waals surface area (Å²) >= 11 is 0. The molecule has 2 aromatic rings. The second kappa shape index (κ2) is 10.8. The first-order valence-corrected chi connectivity index (χ1v) is 9.46. The van der Waals surface area contributed by atoms with Gasteiger partial charge in [-0.3, -0.25) is 4.79 Å². The summed E-state index contributed by atoms with van der Waals surface area (Å²) in [7, 11) is 2.45. The van der Waals surface area contributed by atoms with Crippen LogP contribution in [0.25, 0.3) is 0 Å². The number of hydrogen-bond donors (Lipinski definition) is 1. The standard InChI is InChI=1S/C22H25NO7/c1-5-9-30-18-8-7-14(13-19(18)29-6-2)20(24)23-17-11-15(21(25)27-3)10-16(12-17)22(26)28-4/h7-8,10-13H,5-6,9H2,1-4H3,(H,23,24).